The number of hydrogen-bond donors (Lipinski definition) is 1. The lowest BCUT2D eigenvalue weighted by Crippen LogP contribution is -2.40. The molecule has 1 aromatic carbocycles. The van der Waals surface area contributed by atoms with Gasteiger partial charge in [0.2, 0.25) is 5.13 Å². The summed E-state index contributed by atoms with van der Waals surface area (Å²) in [5, 5.41) is 13.1. The molecule has 27 heavy (non-hydrogen) atoms. The zero-order valence-corrected chi connectivity index (χ0v) is 16.7. The van der Waals surface area contributed by atoms with Crippen LogP contribution in [0.15, 0.2) is 39.5 Å². The number of amidine groups is 1. The molecule has 1 aliphatic heterocycles. The van der Waals surface area contributed by atoms with E-state index < -0.39 is 0 Å². The first kappa shape index (κ1) is 18.3. The summed E-state index contributed by atoms with van der Waals surface area (Å²) >= 11 is 2.89. The van der Waals surface area contributed by atoms with Gasteiger partial charge < -0.3 is 5.11 Å². The van der Waals surface area contributed by atoms with E-state index in [9.17, 15) is 9.90 Å². The number of aryl methyl sites for hydroxylation is 1. The zero-order chi connectivity index (χ0) is 18.8. The largest absolute Gasteiger partial charge is 0.508 e. The number of amides is 1. The number of rotatable bonds is 3. The molecule has 1 N–H and O–H groups in total. The molecule has 140 valence electrons. The lowest BCUT2D eigenvalue weighted by atomic mass is 9.94. The summed E-state index contributed by atoms with van der Waals surface area (Å²) in [6, 6.07) is 7.14. The number of benzene rings is 1. The normalized spacial score (nSPS) is 21.5. The van der Waals surface area contributed by atoms with E-state index in [4.69, 9.17) is 4.99 Å². The van der Waals surface area contributed by atoms with Gasteiger partial charge in [-0.05, 0) is 55.3 Å². The van der Waals surface area contributed by atoms with Crippen LogP contribution in [-0.2, 0) is 4.79 Å². The number of nitrogens with zero attached hydrogens (tertiary/aromatic N) is 3. The maximum Gasteiger partial charge on any atom is 0.267 e. The summed E-state index contributed by atoms with van der Waals surface area (Å²) in [5.41, 5.74) is 1.74. The molecule has 0 unspecified atom stereocenters. The summed E-state index contributed by atoms with van der Waals surface area (Å²) in [7, 11) is 0. The van der Waals surface area contributed by atoms with Gasteiger partial charge in [0.1, 0.15) is 5.75 Å². The first-order valence-electron chi connectivity index (χ1n) is 9.13. The van der Waals surface area contributed by atoms with Gasteiger partial charge in [-0.25, -0.2) is 4.98 Å². The zero-order valence-electron chi connectivity index (χ0n) is 15.1. The van der Waals surface area contributed by atoms with Crippen molar-refractivity contribution in [3.63, 3.8) is 0 Å². The van der Waals surface area contributed by atoms with Crippen LogP contribution < -0.4 is 0 Å². The van der Waals surface area contributed by atoms with Crippen molar-refractivity contribution < 1.29 is 9.90 Å². The van der Waals surface area contributed by atoms with Crippen LogP contribution in [0.25, 0.3) is 6.08 Å². The molecule has 2 fully saturated rings. The summed E-state index contributed by atoms with van der Waals surface area (Å²) in [5.74, 6) is 0.193. The van der Waals surface area contributed by atoms with Crippen LogP contribution >= 0.6 is 23.1 Å². The molecule has 4 rings (SSSR count). The molecule has 2 aliphatic rings. The second-order valence-corrected chi connectivity index (χ2v) is 8.68. The van der Waals surface area contributed by atoms with Crippen LogP contribution in [0.4, 0.5) is 5.13 Å². The van der Waals surface area contributed by atoms with Crippen molar-refractivity contribution in [2.24, 2.45) is 4.99 Å². The van der Waals surface area contributed by atoms with Crippen molar-refractivity contribution in [2.75, 3.05) is 0 Å². The molecular weight excluding hydrogens is 378 g/mol. The molecule has 1 aliphatic carbocycles. The Labute approximate surface area is 166 Å². The van der Waals surface area contributed by atoms with Crippen molar-refractivity contribution in [2.45, 2.75) is 45.1 Å². The minimum atomic E-state index is 0.00210. The number of aliphatic imine (C=N–C) groups is 1. The van der Waals surface area contributed by atoms with Gasteiger partial charge in [0.15, 0.2) is 5.17 Å². The quantitative estimate of drug-likeness (QED) is 0.730. The Morgan fingerprint density at radius 2 is 2.11 bits per heavy atom. The molecule has 7 heteroatoms. The molecule has 1 amide bonds. The predicted molar refractivity (Wildman–Crippen MR) is 111 cm³/mol. The Balaban J connectivity index is 1.69. The van der Waals surface area contributed by atoms with Crippen LogP contribution in [-0.4, -0.2) is 32.1 Å². The lowest BCUT2D eigenvalue weighted by Gasteiger charge is -2.30. The van der Waals surface area contributed by atoms with Gasteiger partial charge in [-0.2, -0.15) is 4.99 Å². The van der Waals surface area contributed by atoms with Crippen LogP contribution in [0.2, 0.25) is 0 Å². The van der Waals surface area contributed by atoms with Crippen LogP contribution in [0.1, 0.15) is 43.4 Å². The number of thiazole rings is 1. The van der Waals surface area contributed by atoms with E-state index in [-0.39, 0.29) is 17.7 Å². The average molecular weight is 400 g/mol. The summed E-state index contributed by atoms with van der Waals surface area (Å²) < 4.78 is 0. The molecule has 1 aromatic heterocycles. The van der Waals surface area contributed by atoms with E-state index in [1.807, 2.05) is 29.3 Å². The van der Waals surface area contributed by atoms with E-state index in [1.54, 1.807) is 18.2 Å². The van der Waals surface area contributed by atoms with Gasteiger partial charge in [-0.3, -0.25) is 9.69 Å². The van der Waals surface area contributed by atoms with Crippen molar-refractivity contribution in [3.8, 4) is 5.75 Å². The van der Waals surface area contributed by atoms with E-state index in [0.29, 0.717) is 15.2 Å². The fourth-order valence-electron chi connectivity index (χ4n) is 3.47. The predicted octanol–water partition coefficient (Wildman–Crippen LogP) is 5.09. The van der Waals surface area contributed by atoms with Crippen molar-refractivity contribution in [1.29, 1.82) is 0 Å². The van der Waals surface area contributed by atoms with Crippen LogP contribution in [0.5, 0.6) is 5.75 Å². The maximum absolute atomic E-state index is 13.2. The van der Waals surface area contributed by atoms with Crippen LogP contribution in [0.3, 0.4) is 0 Å². The highest BCUT2D eigenvalue weighted by atomic mass is 32.2. The van der Waals surface area contributed by atoms with Gasteiger partial charge in [0.25, 0.3) is 5.91 Å². The Morgan fingerprint density at radius 1 is 1.30 bits per heavy atom. The molecule has 1 saturated carbocycles. The first-order valence-corrected chi connectivity index (χ1v) is 10.8. The molecular formula is C20H21N3O2S2. The number of carbonyl (C=O) groups excluding carboxylic acids is 1. The highest BCUT2D eigenvalue weighted by molar-refractivity contribution is 8.18. The second kappa shape index (κ2) is 7.86. The number of aromatic nitrogens is 1. The number of aromatic hydroxyl groups is 1. The molecule has 0 bridgehead atoms. The first-order chi connectivity index (χ1) is 13.1. The second-order valence-electron chi connectivity index (χ2n) is 6.84. The molecule has 5 nitrogen and oxygen atoms in total. The smallest absolute Gasteiger partial charge is 0.267 e. The number of hydrogen-bond acceptors (Lipinski definition) is 6. The number of phenols is 1. The molecule has 0 spiro atoms. The van der Waals surface area contributed by atoms with Crippen LogP contribution in [0, 0.1) is 6.92 Å². The van der Waals surface area contributed by atoms with Gasteiger partial charge in [-0.1, -0.05) is 31.4 Å². The highest BCUT2D eigenvalue weighted by Crippen LogP contribution is 2.39. The Kier molecular flexibility index (Phi) is 5.31. The lowest BCUT2D eigenvalue weighted by molar-refractivity contribution is -0.124. The monoisotopic (exact) mass is 399 g/mol. The van der Waals surface area contributed by atoms with E-state index in [1.165, 1.54) is 29.5 Å². The van der Waals surface area contributed by atoms with E-state index in [2.05, 4.69) is 4.98 Å². The summed E-state index contributed by atoms with van der Waals surface area (Å²) in [6.45, 7) is 1.94. The molecule has 1 saturated heterocycles. The molecule has 0 radical (unpaired) electrons. The Hall–Kier alpha value is -2.12. The van der Waals surface area contributed by atoms with E-state index >= 15 is 0 Å². The third-order valence-electron chi connectivity index (χ3n) is 4.74. The SMILES string of the molecule is Cc1csc(/N=C2/S/C(=C\c3cccc(O)c3)C(=O)N2C2CCCCC2)n1. The van der Waals surface area contributed by atoms with Crippen molar-refractivity contribution in [3.05, 3.63) is 45.8 Å². The van der Waals surface area contributed by atoms with Crippen molar-refractivity contribution in [1.82, 2.24) is 9.88 Å². The molecule has 0 atom stereocenters. The Morgan fingerprint density at radius 3 is 2.81 bits per heavy atom. The van der Waals surface area contributed by atoms with Crippen molar-refractivity contribution >= 4 is 45.4 Å². The number of carbonyl (C=O) groups is 1. The topological polar surface area (TPSA) is 65.8 Å². The number of thioether (sulfide) groups is 1. The molecule has 2 heterocycles. The van der Waals surface area contributed by atoms with E-state index in [0.717, 1.165) is 36.9 Å². The Bertz CT molecular complexity index is 913. The third kappa shape index (κ3) is 4.09. The summed E-state index contributed by atoms with van der Waals surface area (Å²) in [6.07, 6.45) is 7.39. The minimum Gasteiger partial charge on any atom is -0.508 e. The van der Waals surface area contributed by atoms with Gasteiger partial charge in [-0.15, -0.1) is 11.3 Å². The fraction of sp³-hybridized carbons (Fsp3) is 0.350. The maximum atomic E-state index is 13.2. The molecule has 2 aromatic rings. The third-order valence-corrected chi connectivity index (χ3v) is 6.58. The highest BCUT2D eigenvalue weighted by Gasteiger charge is 2.38. The minimum absolute atomic E-state index is 0.00210. The summed E-state index contributed by atoms with van der Waals surface area (Å²) in [4.78, 5) is 24.8. The van der Waals surface area contributed by atoms with Gasteiger partial charge in [0.05, 0.1) is 10.6 Å². The van der Waals surface area contributed by atoms with Gasteiger partial charge >= 0.3 is 0 Å². The average Bonchev–Trinajstić information content (AvgIpc) is 3.19. The number of phenolic OH excluding ortho intramolecular Hbond substituents is 1. The standard InChI is InChI=1S/C20H21N3O2S2/c1-13-12-26-19(21-13)22-20-23(15-7-3-2-4-8-15)18(25)17(27-20)11-14-6-5-9-16(24)10-14/h5-6,9-12,15,24H,2-4,7-8H2,1H3/b17-11-,22-20+. The van der Waals surface area contributed by atoms with Gasteiger partial charge in [0, 0.05) is 11.4 Å². The fourth-order valence-corrected chi connectivity index (χ4v) is 5.23.